The third kappa shape index (κ3) is 2.63. The molecule has 2 fully saturated rings. The Morgan fingerprint density at radius 2 is 2.06 bits per heavy atom. The van der Waals surface area contributed by atoms with E-state index in [9.17, 15) is 0 Å². The number of para-hydroxylation sites is 1. The average Bonchev–Trinajstić information content (AvgIpc) is 2.78. The SMILES string of the molecule is c1ccc(OC2CCC2)c(CC2CCNC2)c1. The summed E-state index contributed by atoms with van der Waals surface area (Å²) < 4.78 is 6.07. The average molecular weight is 231 g/mol. The van der Waals surface area contributed by atoms with E-state index < -0.39 is 0 Å². The van der Waals surface area contributed by atoms with Gasteiger partial charge in [-0.05, 0) is 62.7 Å². The van der Waals surface area contributed by atoms with E-state index in [1.54, 1.807) is 0 Å². The van der Waals surface area contributed by atoms with Crippen LogP contribution in [0.25, 0.3) is 0 Å². The van der Waals surface area contributed by atoms with Gasteiger partial charge in [0.05, 0.1) is 6.10 Å². The maximum absolute atomic E-state index is 6.07. The van der Waals surface area contributed by atoms with Crippen LogP contribution in [0.1, 0.15) is 31.2 Å². The van der Waals surface area contributed by atoms with Gasteiger partial charge in [-0.3, -0.25) is 0 Å². The first kappa shape index (κ1) is 11.1. The molecule has 1 aromatic carbocycles. The molecule has 0 spiro atoms. The Kier molecular flexibility index (Phi) is 3.32. The second-order valence-electron chi connectivity index (χ2n) is 5.34. The standard InChI is InChI=1S/C15H21NO/c1-2-7-15(17-14-5-3-6-14)13(4-1)10-12-8-9-16-11-12/h1-2,4,7,12,14,16H,3,5-6,8-11H2. The molecule has 1 unspecified atom stereocenters. The second-order valence-corrected chi connectivity index (χ2v) is 5.34. The highest BCUT2D eigenvalue weighted by Crippen LogP contribution is 2.29. The van der Waals surface area contributed by atoms with Gasteiger partial charge in [-0.1, -0.05) is 18.2 Å². The molecule has 3 rings (SSSR count). The normalized spacial score (nSPS) is 24.6. The van der Waals surface area contributed by atoms with Crippen LogP contribution < -0.4 is 10.1 Å². The van der Waals surface area contributed by atoms with Crippen molar-refractivity contribution >= 4 is 0 Å². The fourth-order valence-corrected chi connectivity index (χ4v) is 2.66. The van der Waals surface area contributed by atoms with Gasteiger partial charge in [-0.15, -0.1) is 0 Å². The highest BCUT2D eigenvalue weighted by atomic mass is 16.5. The van der Waals surface area contributed by atoms with Crippen molar-refractivity contribution in [1.29, 1.82) is 0 Å². The predicted molar refractivity (Wildman–Crippen MR) is 69.4 cm³/mol. The van der Waals surface area contributed by atoms with Crippen molar-refractivity contribution in [1.82, 2.24) is 5.32 Å². The summed E-state index contributed by atoms with van der Waals surface area (Å²) in [7, 11) is 0. The number of benzene rings is 1. The van der Waals surface area contributed by atoms with E-state index in [-0.39, 0.29) is 0 Å². The van der Waals surface area contributed by atoms with Crippen molar-refractivity contribution < 1.29 is 4.74 Å². The van der Waals surface area contributed by atoms with Crippen LogP contribution in [0.2, 0.25) is 0 Å². The van der Waals surface area contributed by atoms with Crippen LogP contribution in [0.4, 0.5) is 0 Å². The summed E-state index contributed by atoms with van der Waals surface area (Å²) in [5.41, 5.74) is 1.40. The summed E-state index contributed by atoms with van der Waals surface area (Å²) in [6, 6.07) is 8.58. The Labute approximate surface area is 103 Å². The molecule has 0 amide bonds. The second kappa shape index (κ2) is 5.09. The number of ether oxygens (including phenoxy) is 1. The van der Waals surface area contributed by atoms with Crippen LogP contribution in [-0.2, 0) is 6.42 Å². The molecule has 2 heteroatoms. The number of nitrogens with one attached hydrogen (secondary N) is 1. The molecular weight excluding hydrogens is 210 g/mol. The van der Waals surface area contributed by atoms with Crippen molar-refractivity contribution in [2.45, 2.75) is 38.2 Å². The zero-order valence-corrected chi connectivity index (χ0v) is 10.3. The minimum Gasteiger partial charge on any atom is -0.490 e. The Morgan fingerprint density at radius 1 is 1.18 bits per heavy atom. The van der Waals surface area contributed by atoms with E-state index in [0.29, 0.717) is 6.10 Å². The molecule has 0 aromatic heterocycles. The molecule has 1 saturated carbocycles. The van der Waals surface area contributed by atoms with Gasteiger partial charge >= 0.3 is 0 Å². The topological polar surface area (TPSA) is 21.3 Å². The van der Waals surface area contributed by atoms with Gasteiger partial charge in [0, 0.05) is 0 Å². The third-order valence-corrected chi connectivity index (χ3v) is 3.99. The summed E-state index contributed by atoms with van der Waals surface area (Å²) in [4.78, 5) is 0. The number of hydrogen-bond acceptors (Lipinski definition) is 2. The molecule has 1 aliphatic heterocycles. The molecule has 0 bridgehead atoms. The van der Waals surface area contributed by atoms with Gasteiger partial charge in [0.1, 0.15) is 5.75 Å². The van der Waals surface area contributed by atoms with Gasteiger partial charge < -0.3 is 10.1 Å². The van der Waals surface area contributed by atoms with Crippen molar-refractivity contribution in [2.24, 2.45) is 5.92 Å². The molecular formula is C15H21NO. The van der Waals surface area contributed by atoms with Gasteiger partial charge in [-0.25, -0.2) is 0 Å². The van der Waals surface area contributed by atoms with E-state index >= 15 is 0 Å². The zero-order valence-electron chi connectivity index (χ0n) is 10.3. The van der Waals surface area contributed by atoms with Crippen molar-refractivity contribution in [3.63, 3.8) is 0 Å². The first-order valence-corrected chi connectivity index (χ1v) is 6.87. The van der Waals surface area contributed by atoms with Crippen LogP contribution in [0.15, 0.2) is 24.3 Å². The monoisotopic (exact) mass is 231 g/mol. The largest absolute Gasteiger partial charge is 0.490 e. The van der Waals surface area contributed by atoms with Crippen LogP contribution in [0, 0.1) is 5.92 Å². The lowest BCUT2D eigenvalue weighted by molar-refractivity contribution is 0.119. The molecule has 1 N–H and O–H groups in total. The maximum atomic E-state index is 6.07. The maximum Gasteiger partial charge on any atom is 0.122 e. The first-order valence-electron chi connectivity index (χ1n) is 6.87. The molecule has 1 heterocycles. The minimum atomic E-state index is 0.484. The van der Waals surface area contributed by atoms with Gasteiger partial charge in [0.15, 0.2) is 0 Å². The zero-order chi connectivity index (χ0) is 11.5. The van der Waals surface area contributed by atoms with Crippen LogP contribution in [0.3, 0.4) is 0 Å². The Bertz CT molecular complexity index is 367. The molecule has 92 valence electrons. The summed E-state index contributed by atoms with van der Waals surface area (Å²) in [6.07, 6.45) is 6.75. The fourth-order valence-electron chi connectivity index (χ4n) is 2.66. The fraction of sp³-hybridized carbons (Fsp3) is 0.600. The van der Waals surface area contributed by atoms with Crippen LogP contribution in [-0.4, -0.2) is 19.2 Å². The van der Waals surface area contributed by atoms with Gasteiger partial charge in [0.25, 0.3) is 0 Å². The van der Waals surface area contributed by atoms with Crippen molar-refractivity contribution in [2.75, 3.05) is 13.1 Å². The molecule has 1 saturated heterocycles. The molecule has 17 heavy (non-hydrogen) atoms. The summed E-state index contributed by atoms with van der Waals surface area (Å²) >= 11 is 0. The van der Waals surface area contributed by atoms with Gasteiger partial charge in [-0.2, -0.15) is 0 Å². The number of rotatable bonds is 4. The molecule has 2 nitrogen and oxygen atoms in total. The summed E-state index contributed by atoms with van der Waals surface area (Å²) in [5, 5.41) is 3.43. The predicted octanol–water partition coefficient (Wildman–Crippen LogP) is 2.77. The summed E-state index contributed by atoms with van der Waals surface area (Å²) in [5.74, 6) is 1.92. The molecule has 1 aliphatic carbocycles. The lowest BCUT2D eigenvalue weighted by Gasteiger charge is -2.27. The lowest BCUT2D eigenvalue weighted by Crippen LogP contribution is -2.25. The van der Waals surface area contributed by atoms with E-state index in [1.165, 1.54) is 37.8 Å². The smallest absolute Gasteiger partial charge is 0.122 e. The van der Waals surface area contributed by atoms with E-state index in [2.05, 4.69) is 29.6 Å². The Morgan fingerprint density at radius 3 is 2.76 bits per heavy atom. The first-order chi connectivity index (χ1) is 8.42. The number of hydrogen-bond donors (Lipinski definition) is 1. The van der Waals surface area contributed by atoms with Gasteiger partial charge in [0.2, 0.25) is 0 Å². The van der Waals surface area contributed by atoms with Crippen molar-refractivity contribution in [3.05, 3.63) is 29.8 Å². The molecule has 1 atom stereocenters. The lowest BCUT2D eigenvalue weighted by atomic mass is 9.95. The Hall–Kier alpha value is -1.02. The quantitative estimate of drug-likeness (QED) is 0.860. The third-order valence-electron chi connectivity index (χ3n) is 3.99. The Balaban J connectivity index is 1.68. The van der Waals surface area contributed by atoms with E-state index in [4.69, 9.17) is 4.74 Å². The van der Waals surface area contributed by atoms with E-state index in [0.717, 1.165) is 24.6 Å². The van der Waals surface area contributed by atoms with Crippen molar-refractivity contribution in [3.8, 4) is 5.75 Å². The van der Waals surface area contributed by atoms with Crippen LogP contribution in [0.5, 0.6) is 5.75 Å². The highest BCUT2D eigenvalue weighted by molar-refractivity contribution is 5.34. The molecule has 0 radical (unpaired) electrons. The highest BCUT2D eigenvalue weighted by Gasteiger charge is 2.21. The van der Waals surface area contributed by atoms with Crippen LogP contribution >= 0.6 is 0 Å². The summed E-state index contributed by atoms with van der Waals surface area (Å²) in [6.45, 7) is 2.34. The minimum absolute atomic E-state index is 0.484. The molecule has 2 aliphatic rings. The molecule has 1 aromatic rings. The van der Waals surface area contributed by atoms with E-state index in [1.807, 2.05) is 0 Å².